The molecule has 9 nitrogen and oxygen atoms in total. The largest absolute Gasteiger partial charge is 0.370 e. The smallest absolute Gasteiger partial charge is 0.316 e. The molecular weight excluding hydrogens is 442 g/mol. The van der Waals surface area contributed by atoms with E-state index in [0.29, 0.717) is 11.6 Å². The first-order valence-electron chi connectivity index (χ1n) is 11.3. The molecule has 0 fully saturated rings. The molecule has 1 heterocycles. The summed E-state index contributed by atoms with van der Waals surface area (Å²) in [4.78, 5) is 30.0. The third kappa shape index (κ3) is 9.34. The zero-order chi connectivity index (χ0) is 25.8. The number of primary amides is 1. The number of urea groups is 1. The predicted molar refractivity (Wildman–Crippen MR) is 144 cm³/mol. The Morgan fingerprint density at radius 1 is 1.06 bits per heavy atom. The Morgan fingerprint density at radius 2 is 1.66 bits per heavy atom. The lowest BCUT2D eigenvalue weighted by Gasteiger charge is -2.24. The van der Waals surface area contributed by atoms with Crippen LogP contribution in [0.5, 0.6) is 0 Å². The van der Waals surface area contributed by atoms with Crippen molar-refractivity contribution in [3.8, 4) is 0 Å². The van der Waals surface area contributed by atoms with Crippen LogP contribution in [-0.2, 0) is 11.3 Å². The maximum atomic E-state index is 11.6. The first-order chi connectivity index (χ1) is 16.7. The number of carbonyl (C=O) groups excluding carboxylic acids is 2. The number of carbonyl (C=O) groups is 2. The van der Waals surface area contributed by atoms with Crippen LogP contribution in [-0.4, -0.2) is 55.4 Å². The molecule has 9 heteroatoms. The molecule has 0 bridgehead atoms. The van der Waals surface area contributed by atoms with E-state index in [9.17, 15) is 9.59 Å². The number of hydrogen-bond donors (Lipinski definition) is 4. The molecule has 6 N–H and O–H groups in total. The van der Waals surface area contributed by atoms with Crippen LogP contribution in [0, 0.1) is 0 Å². The summed E-state index contributed by atoms with van der Waals surface area (Å²) in [6.07, 6.45) is 5.03. The van der Waals surface area contributed by atoms with Gasteiger partial charge in [0, 0.05) is 37.7 Å². The first kappa shape index (κ1) is 27.1. The van der Waals surface area contributed by atoms with E-state index in [4.69, 9.17) is 11.5 Å². The van der Waals surface area contributed by atoms with Crippen molar-refractivity contribution in [2.45, 2.75) is 19.4 Å². The van der Waals surface area contributed by atoms with E-state index in [0.717, 1.165) is 42.8 Å². The van der Waals surface area contributed by atoms with E-state index in [-0.39, 0.29) is 5.91 Å². The highest BCUT2D eigenvalue weighted by Crippen LogP contribution is 2.26. The molecule has 0 saturated heterocycles. The highest BCUT2D eigenvalue weighted by molar-refractivity contribution is 5.92. The van der Waals surface area contributed by atoms with Crippen LogP contribution < -0.4 is 22.1 Å². The number of allylic oxidation sites excluding steroid dienone is 1. The van der Waals surface area contributed by atoms with Gasteiger partial charge in [-0.2, -0.15) is 0 Å². The quantitative estimate of drug-likeness (QED) is 0.288. The molecule has 2 aromatic carbocycles. The summed E-state index contributed by atoms with van der Waals surface area (Å²) in [5, 5.41) is 5.50. The summed E-state index contributed by atoms with van der Waals surface area (Å²) < 4.78 is 0. The summed E-state index contributed by atoms with van der Waals surface area (Å²) >= 11 is 0. The van der Waals surface area contributed by atoms with Crippen molar-refractivity contribution in [1.29, 1.82) is 0 Å². The van der Waals surface area contributed by atoms with Gasteiger partial charge in [0.05, 0.1) is 0 Å². The average molecular weight is 478 g/mol. The molecule has 0 aliphatic carbocycles. The molecule has 0 atom stereocenters. The van der Waals surface area contributed by atoms with Crippen molar-refractivity contribution in [1.82, 2.24) is 9.80 Å². The second-order valence-electron chi connectivity index (χ2n) is 8.23. The highest BCUT2D eigenvalue weighted by Gasteiger charge is 2.15. The van der Waals surface area contributed by atoms with Crippen molar-refractivity contribution < 1.29 is 9.59 Å². The number of rotatable bonds is 6. The number of guanidine groups is 1. The number of amides is 3. The zero-order valence-electron chi connectivity index (χ0n) is 20.6. The Hall–Kier alpha value is -4.11. The molecule has 35 heavy (non-hydrogen) atoms. The molecule has 3 amide bonds. The monoisotopic (exact) mass is 477 g/mol. The molecule has 3 rings (SSSR count). The van der Waals surface area contributed by atoms with Crippen molar-refractivity contribution in [3.63, 3.8) is 0 Å². The highest BCUT2D eigenvalue weighted by atomic mass is 16.2. The van der Waals surface area contributed by atoms with Gasteiger partial charge in [-0.1, -0.05) is 30.8 Å². The first-order valence-corrected chi connectivity index (χ1v) is 11.3. The summed E-state index contributed by atoms with van der Waals surface area (Å²) in [6, 6.07) is 14.9. The maximum absolute atomic E-state index is 11.6. The SMILES string of the molecule is C=CC(=O)N1C=C(c2ccc(NC(N)=O)cc2)CCC1.CN=C(N)Nc1ccc(CN(C)C)cc1. The van der Waals surface area contributed by atoms with Crippen LogP contribution in [0.4, 0.5) is 16.2 Å². The van der Waals surface area contributed by atoms with Gasteiger partial charge in [0.1, 0.15) is 0 Å². The van der Waals surface area contributed by atoms with Crippen molar-refractivity contribution in [2.24, 2.45) is 16.5 Å². The van der Waals surface area contributed by atoms with Crippen LogP contribution in [0.2, 0.25) is 0 Å². The van der Waals surface area contributed by atoms with Crippen molar-refractivity contribution in [2.75, 3.05) is 38.3 Å². The molecule has 1 aliphatic heterocycles. The van der Waals surface area contributed by atoms with Crippen LogP contribution >= 0.6 is 0 Å². The standard InChI is InChI=1S/C15H17N3O2.C11H18N4/c1-2-14(19)18-9-3-4-12(10-18)11-5-7-13(8-6-11)17-15(16)20;1-13-11(12)14-10-6-4-9(5-7-10)8-15(2)3/h2,5-8,10H,1,3-4,9H2,(H3,16,17,20);4-7H,8H2,1-3H3,(H3,12,13,14). The Balaban J connectivity index is 0.000000258. The molecule has 0 radical (unpaired) electrons. The number of nitrogens with zero attached hydrogens (tertiary/aromatic N) is 3. The Morgan fingerprint density at radius 3 is 2.20 bits per heavy atom. The minimum Gasteiger partial charge on any atom is -0.370 e. The normalized spacial score (nSPS) is 13.3. The van der Waals surface area contributed by atoms with E-state index >= 15 is 0 Å². The second-order valence-corrected chi connectivity index (χ2v) is 8.23. The summed E-state index contributed by atoms with van der Waals surface area (Å²) in [5.41, 5.74) is 15.6. The fourth-order valence-electron chi connectivity index (χ4n) is 3.44. The van der Waals surface area contributed by atoms with Crippen LogP contribution in [0.3, 0.4) is 0 Å². The summed E-state index contributed by atoms with van der Waals surface area (Å²) in [6.45, 7) is 5.16. The number of nitrogens with one attached hydrogen (secondary N) is 2. The fourth-order valence-corrected chi connectivity index (χ4v) is 3.44. The van der Waals surface area contributed by atoms with Gasteiger partial charge in [-0.25, -0.2) is 4.79 Å². The lowest BCUT2D eigenvalue weighted by Crippen LogP contribution is -2.27. The van der Waals surface area contributed by atoms with Gasteiger partial charge >= 0.3 is 6.03 Å². The Kier molecular flexibility index (Phi) is 10.5. The predicted octanol–water partition coefficient (Wildman–Crippen LogP) is 3.43. The minimum absolute atomic E-state index is 0.0887. The third-order valence-electron chi connectivity index (χ3n) is 5.10. The molecule has 0 aromatic heterocycles. The van der Waals surface area contributed by atoms with Gasteiger partial charge in [-0.15, -0.1) is 0 Å². The molecule has 1 aliphatic rings. The summed E-state index contributed by atoms with van der Waals surface area (Å²) in [5.74, 6) is 0.338. The number of aliphatic imine (C=N–C) groups is 1. The van der Waals surface area contributed by atoms with Gasteiger partial charge in [0.25, 0.3) is 0 Å². The van der Waals surface area contributed by atoms with E-state index < -0.39 is 6.03 Å². The van der Waals surface area contributed by atoms with Gasteiger partial charge in [-0.05, 0) is 74.0 Å². The Bertz CT molecular complexity index is 1060. The van der Waals surface area contributed by atoms with Crippen molar-refractivity contribution >= 4 is 34.8 Å². The van der Waals surface area contributed by atoms with Gasteiger partial charge in [0.2, 0.25) is 5.91 Å². The van der Waals surface area contributed by atoms with Crippen LogP contribution in [0.25, 0.3) is 5.57 Å². The number of anilines is 2. The number of hydrogen-bond acceptors (Lipinski definition) is 4. The number of benzene rings is 2. The fraction of sp³-hybridized carbons (Fsp3) is 0.269. The topological polar surface area (TPSA) is 129 Å². The van der Waals surface area contributed by atoms with E-state index in [1.807, 2.05) is 44.6 Å². The van der Waals surface area contributed by atoms with E-state index in [1.165, 1.54) is 11.6 Å². The van der Waals surface area contributed by atoms with Gasteiger partial charge in [-0.3, -0.25) is 9.79 Å². The molecule has 2 aromatic rings. The molecule has 0 saturated carbocycles. The molecular formula is C26H35N7O2. The summed E-state index contributed by atoms with van der Waals surface area (Å²) in [7, 11) is 5.75. The van der Waals surface area contributed by atoms with Crippen molar-refractivity contribution in [3.05, 3.63) is 78.5 Å². The lowest BCUT2D eigenvalue weighted by atomic mass is 9.99. The molecule has 186 valence electrons. The molecule has 0 unspecified atom stereocenters. The zero-order valence-corrected chi connectivity index (χ0v) is 20.6. The average Bonchev–Trinajstić information content (AvgIpc) is 2.85. The van der Waals surface area contributed by atoms with Gasteiger partial charge < -0.3 is 31.9 Å². The third-order valence-corrected chi connectivity index (χ3v) is 5.10. The second kappa shape index (κ2) is 13.6. The van der Waals surface area contributed by atoms with Crippen LogP contribution in [0.1, 0.15) is 24.0 Å². The molecule has 0 spiro atoms. The lowest BCUT2D eigenvalue weighted by molar-refractivity contribution is -0.123. The maximum Gasteiger partial charge on any atom is 0.316 e. The number of nitrogens with two attached hydrogens (primary N) is 2. The van der Waals surface area contributed by atoms with E-state index in [1.54, 1.807) is 24.1 Å². The Labute approximate surface area is 207 Å². The van der Waals surface area contributed by atoms with Crippen LogP contribution in [0.15, 0.2) is 72.4 Å². The minimum atomic E-state index is -0.586. The van der Waals surface area contributed by atoms with Gasteiger partial charge in [0.15, 0.2) is 5.96 Å². The van der Waals surface area contributed by atoms with E-state index in [2.05, 4.69) is 39.2 Å².